The van der Waals surface area contributed by atoms with E-state index in [2.05, 4.69) is 21.2 Å². The van der Waals surface area contributed by atoms with E-state index in [1.54, 1.807) is 39.0 Å². The summed E-state index contributed by atoms with van der Waals surface area (Å²) in [6.07, 6.45) is -0.665. The number of rotatable bonds is 4. The van der Waals surface area contributed by atoms with E-state index in [0.717, 1.165) is 6.07 Å². The molecule has 186 valence electrons. The molecular weight excluding hydrogens is 482 g/mol. The molecule has 35 heavy (non-hydrogen) atoms. The molecule has 2 heterocycles. The third-order valence-electron chi connectivity index (χ3n) is 5.94. The van der Waals surface area contributed by atoms with Crippen molar-refractivity contribution in [3.63, 3.8) is 0 Å². The van der Waals surface area contributed by atoms with Gasteiger partial charge in [-0.05, 0) is 57.0 Å². The summed E-state index contributed by atoms with van der Waals surface area (Å²) in [7, 11) is 0. The number of carbonyl (C=O) groups is 2. The first-order chi connectivity index (χ1) is 16.7. The summed E-state index contributed by atoms with van der Waals surface area (Å²) in [5.74, 6) is -2.34. The number of nitrogens with one attached hydrogen (secondary N) is 3. The smallest absolute Gasteiger partial charge is 0.425 e. The lowest BCUT2D eigenvalue weighted by molar-refractivity contribution is -0.122. The first-order valence-electron chi connectivity index (χ1n) is 11.2. The number of aliphatic imine (C=N–C) groups is 1. The van der Waals surface area contributed by atoms with Crippen LogP contribution in [-0.4, -0.2) is 30.5 Å². The van der Waals surface area contributed by atoms with Crippen LogP contribution in [0.3, 0.4) is 0 Å². The van der Waals surface area contributed by atoms with Gasteiger partial charge < -0.3 is 14.8 Å². The molecule has 2 aliphatic heterocycles. The van der Waals surface area contributed by atoms with Crippen LogP contribution < -0.4 is 20.9 Å². The van der Waals surface area contributed by atoms with Gasteiger partial charge in [0.25, 0.3) is 0 Å². The zero-order valence-electron chi connectivity index (χ0n) is 19.4. The Morgan fingerprint density at radius 2 is 2.09 bits per heavy atom. The van der Waals surface area contributed by atoms with E-state index >= 15 is 4.39 Å². The Bertz CT molecular complexity index is 1210. The zero-order chi connectivity index (χ0) is 25.3. The van der Waals surface area contributed by atoms with Gasteiger partial charge >= 0.3 is 6.09 Å². The predicted octanol–water partition coefficient (Wildman–Crippen LogP) is 4.78. The Morgan fingerprint density at radius 3 is 2.80 bits per heavy atom. The van der Waals surface area contributed by atoms with E-state index in [4.69, 9.17) is 21.1 Å². The predicted molar refractivity (Wildman–Crippen MR) is 127 cm³/mol. The minimum absolute atomic E-state index is 0.0711. The molecule has 0 aromatic heterocycles. The van der Waals surface area contributed by atoms with E-state index in [-0.39, 0.29) is 42.7 Å². The van der Waals surface area contributed by atoms with Gasteiger partial charge in [0.05, 0.1) is 18.3 Å². The Kier molecular flexibility index (Phi) is 6.84. The van der Waals surface area contributed by atoms with Crippen molar-refractivity contribution in [3.05, 3.63) is 58.1 Å². The molecule has 2 amide bonds. The summed E-state index contributed by atoms with van der Waals surface area (Å²) < 4.78 is 40.6. The maximum absolute atomic E-state index is 15.5. The molecule has 0 aliphatic carbocycles. The van der Waals surface area contributed by atoms with E-state index in [1.165, 1.54) is 6.07 Å². The number of amides is 2. The Morgan fingerprint density at radius 1 is 1.31 bits per heavy atom. The molecule has 0 fully saturated rings. The number of fused-ring (bicyclic) bond motifs is 2. The highest BCUT2D eigenvalue weighted by Gasteiger charge is 2.56. The first-order valence-corrected chi connectivity index (χ1v) is 11.6. The number of anilines is 1. The van der Waals surface area contributed by atoms with Gasteiger partial charge in [-0.15, -0.1) is 0 Å². The normalized spacial score (nSPS) is 20.8. The summed E-state index contributed by atoms with van der Waals surface area (Å²) in [4.78, 5) is 29.9. The van der Waals surface area contributed by atoms with Crippen LogP contribution >= 0.6 is 11.6 Å². The van der Waals surface area contributed by atoms with E-state index < -0.39 is 35.1 Å². The van der Waals surface area contributed by atoms with Crippen molar-refractivity contribution < 1.29 is 27.8 Å². The standard InChI is InChI=1S/C24H25ClF2N4O4/c1-4-34-23(33)31-30-18-9-10-24(14-6-5-13(25)11-16(14)28-22(24)32)21(29-18)19-17(35-12(2)3)8-7-15(26)20(19)27/h5-8,11-12,21H,4,9-10H2,1-3H3,(H,28,32)(H,29,30)(H,31,33)/t21-,24-/m1/s1. The van der Waals surface area contributed by atoms with Gasteiger partial charge in [0, 0.05) is 17.1 Å². The van der Waals surface area contributed by atoms with Gasteiger partial charge in [-0.1, -0.05) is 17.7 Å². The molecule has 2 atom stereocenters. The van der Waals surface area contributed by atoms with Crippen molar-refractivity contribution in [2.75, 3.05) is 11.9 Å². The van der Waals surface area contributed by atoms with Crippen LogP contribution in [0.4, 0.5) is 19.3 Å². The molecule has 2 aromatic carbocycles. The highest BCUT2D eigenvalue weighted by Crippen LogP contribution is 2.55. The molecule has 11 heteroatoms. The quantitative estimate of drug-likeness (QED) is 0.518. The molecule has 0 saturated heterocycles. The van der Waals surface area contributed by atoms with Crippen molar-refractivity contribution >= 4 is 35.1 Å². The number of halogens is 3. The summed E-state index contributed by atoms with van der Waals surface area (Å²) in [5, 5.41) is 3.23. The van der Waals surface area contributed by atoms with E-state index in [9.17, 15) is 14.0 Å². The average molecular weight is 507 g/mol. The fraction of sp³-hybridized carbons (Fsp3) is 0.375. The monoisotopic (exact) mass is 506 g/mol. The van der Waals surface area contributed by atoms with Crippen LogP contribution in [0.2, 0.25) is 5.02 Å². The minimum Gasteiger partial charge on any atom is -0.491 e. The van der Waals surface area contributed by atoms with Gasteiger partial charge in [0.1, 0.15) is 23.0 Å². The van der Waals surface area contributed by atoms with Crippen LogP contribution in [-0.2, 0) is 14.9 Å². The average Bonchev–Trinajstić information content (AvgIpc) is 3.07. The zero-order valence-corrected chi connectivity index (χ0v) is 20.1. The van der Waals surface area contributed by atoms with Gasteiger partial charge in [-0.3, -0.25) is 15.2 Å². The fourth-order valence-electron chi connectivity index (χ4n) is 4.52. The SMILES string of the molecule is CCOC(=O)NNC1=N[C@H](c2c(OC(C)C)ccc(F)c2F)[C@]2(CC1)C(=O)Nc1cc(Cl)ccc12. The van der Waals surface area contributed by atoms with Gasteiger partial charge in [0.15, 0.2) is 11.6 Å². The van der Waals surface area contributed by atoms with Crippen LogP contribution in [0.25, 0.3) is 0 Å². The van der Waals surface area contributed by atoms with Crippen molar-refractivity contribution in [2.45, 2.75) is 51.2 Å². The maximum atomic E-state index is 15.5. The van der Waals surface area contributed by atoms with Crippen LogP contribution in [0.1, 0.15) is 50.8 Å². The first kappa shape index (κ1) is 24.7. The highest BCUT2D eigenvalue weighted by molar-refractivity contribution is 6.31. The van der Waals surface area contributed by atoms with Gasteiger partial charge in [0.2, 0.25) is 5.91 Å². The molecule has 3 N–H and O–H groups in total. The second-order valence-electron chi connectivity index (χ2n) is 8.50. The van der Waals surface area contributed by atoms with Crippen molar-refractivity contribution in [1.29, 1.82) is 0 Å². The van der Waals surface area contributed by atoms with Crippen LogP contribution in [0.15, 0.2) is 35.3 Å². The third kappa shape index (κ3) is 4.50. The summed E-state index contributed by atoms with van der Waals surface area (Å²) in [6.45, 7) is 5.32. The van der Waals surface area contributed by atoms with E-state index in [1.807, 2.05) is 0 Å². The number of ether oxygens (including phenoxy) is 2. The number of hydrogen-bond donors (Lipinski definition) is 3. The maximum Gasteiger partial charge on any atom is 0.425 e. The molecular formula is C24H25ClF2N4O4. The second-order valence-corrected chi connectivity index (χ2v) is 8.94. The second kappa shape index (κ2) is 9.69. The number of amidine groups is 1. The van der Waals surface area contributed by atoms with Crippen molar-refractivity contribution in [3.8, 4) is 5.75 Å². The lowest BCUT2D eigenvalue weighted by Crippen LogP contribution is -2.49. The van der Waals surface area contributed by atoms with Crippen LogP contribution in [0, 0.1) is 11.6 Å². The molecule has 0 radical (unpaired) electrons. The molecule has 2 aliphatic rings. The minimum atomic E-state index is -1.36. The molecule has 2 aromatic rings. The van der Waals surface area contributed by atoms with Crippen LogP contribution in [0.5, 0.6) is 5.75 Å². The summed E-state index contributed by atoms with van der Waals surface area (Å²) >= 11 is 6.13. The molecule has 1 spiro atoms. The summed E-state index contributed by atoms with van der Waals surface area (Å²) in [6, 6.07) is 6.01. The molecule has 4 rings (SSSR count). The number of carbonyl (C=O) groups excluding carboxylic acids is 2. The lowest BCUT2D eigenvalue weighted by atomic mass is 9.68. The topological polar surface area (TPSA) is 101 Å². The Hall–Kier alpha value is -3.40. The van der Waals surface area contributed by atoms with Gasteiger partial charge in [-0.2, -0.15) is 0 Å². The van der Waals surface area contributed by atoms with Crippen molar-refractivity contribution in [1.82, 2.24) is 10.9 Å². The lowest BCUT2D eigenvalue weighted by Gasteiger charge is -2.38. The van der Waals surface area contributed by atoms with E-state index in [0.29, 0.717) is 16.3 Å². The number of hydrazine groups is 1. The molecule has 0 unspecified atom stereocenters. The molecule has 0 bridgehead atoms. The fourth-order valence-corrected chi connectivity index (χ4v) is 4.70. The third-order valence-corrected chi connectivity index (χ3v) is 6.17. The highest BCUT2D eigenvalue weighted by atomic mass is 35.5. The summed E-state index contributed by atoms with van der Waals surface area (Å²) in [5.41, 5.74) is 4.52. The Labute approximate surface area is 206 Å². The largest absolute Gasteiger partial charge is 0.491 e. The number of nitrogens with zero attached hydrogens (tertiary/aromatic N) is 1. The molecule has 8 nitrogen and oxygen atoms in total. The number of hydrogen-bond acceptors (Lipinski definition) is 6. The Balaban J connectivity index is 1.89. The van der Waals surface area contributed by atoms with Gasteiger partial charge in [-0.25, -0.2) is 19.0 Å². The van der Waals surface area contributed by atoms with Crippen molar-refractivity contribution in [2.24, 2.45) is 4.99 Å². The number of benzene rings is 2. The molecule has 0 saturated carbocycles.